The van der Waals surface area contributed by atoms with Crippen molar-refractivity contribution < 1.29 is 9.59 Å². The summed E-state index contributed by atoms with van der Waals surface area (Å²) in [5.41, 5.74) is 3.20. The van der Waals surface area contributed by atoms with Crippen LogP contribution in [0.4, 0.5) is 21.3 Å². The number of benzene rings is 2. The Morgan fingerprint density at radius 1 is 1.03 bits per heavy atom. The molecule has 3 N–H and O–H groups in total. The van der Waals surface area contributed by atoms with E-state index in [1.807, 2.05) is 24.3 Å². The van der Waals surface area contributed by atoms with Crippen molar-refractivity contribution >= 4 is 51.4 Å². The average Bonchev–Trinajstić information content (AvgIpc) is 3.13. The normalized spacial score (nSPS) is 10.5. The fourth-order valence-electron chi connectivity index (χ4n) is 2.78. The molecule has 0 spiro atoms. The van der Waals surface area contributed by atoms with Gasteiger partial charge in [0.2, 0.25) is 5.91 Å². The molecule has 3 rings (SSSR count). The fraction of sp³-hybridized carbons (Fsp3) is 0.227. The van der Waals surface area contributed by atoms with Gasteiger partial charge in [-0.1, -0.05) is 43.1 Å². The zero-order valence-electron chi connectivity index (χ0n) is 16.6. The predicted octanol–water partition coefficient (Wildman–Crippen LogP) is 5.96. The Kier molecular flexibility index (Phi) is 7.82. The molecular weight excluding hydrogens is 420 g/mol. The second-order valence-corrected chi connectivity index (χ2v) is 8.05. The van der Waals surface area contributed by atoms with Crippen LogP contribution in [0.1, 0.15) is 31.0 Å². The van der Waals surface area contributed by atoms with Crippen molar-refractivity contribution in [3.63, 3.8) is 0 Å². The molecule has 2 aromatic carbocycles. The van der Waals surface area contributed by atoms with E-state index in [9.17, 15) is 9.59 Å². The first kappa shape index (κ1) is 21.8. The number of amides is 3. The highest BCUT2D eigenvalue weighted by molar-refractivity contribution is 7.14. The molecule has 0 radical (unpaired) electrons. The van der Waals surface area contributed by atoms with Crippen LogP contribution in [0, 0.1) is 0 Å². The number of hydrogen-bond donors (Lipinski definition) is 3. The van der Waals surface area contributed by atoms with Crippen molar-refractivity contribution in [2.75, 3.05) is 16.0 Å². The van der Waals surface area contributed by atoms with Crippen LogP contribution in [0.3, 0.4) is 0 Å². The fourth-order valence-corrected chi connectivity index (χ4v) is 3.67. The summed E-state index contributed by atoms with van der Waals surface area (Å²) in [6.07, 6.45) is 3.49. The molecule has 0 aliphatic heterocycles. The molecule has 0 saturated carbocycles. The maximum absolute atomic E-state index is 12.3. The van der Waals surface area contributed by atoms with Crippen molar-refractivity contribution in [1.29, 1.82) is 0 Å². The third-order valence-electron chi connectivity index (χ3n) is 4.25. The molecule has 0 fully saturated rings. The second-order valence-electron chi connectivity index (χ2n) is 6.76. The summed E-state index contributed by atoms with van der Waals surface area (Å²) in [6, 6.07) is 14.3. The third-order valence-corrected chi connectivity index (χ3v) is 5.29. The number of hydrogen-bond acceptors (Lipinski definition) is 4. The molecule has 30 heavy (non-hydrogen) atoms. The van der Waals surface area contributed by atoms with Crippen molar-refractivity contribution in [1.82, 2.24) is 4.98 Å². The number of aromatic nitrogens is 1. The van der Waals surface area contributed by atoms with Gasteiger partial charge in [-0.3, -0.25) is 10.1 Å². The summed E-state index contributed by atoms with van der Waals surface area (Å²) in [4.78, 5) is 28.7. The van der Waals surface area contributed by atoms with Crippen molar-refractivity contribution in [2.24, 2.45) is 0 Å². The summed E-state index contributed by atoms with van der Waals surface area (Å²) < 4.78 is 0. The number of carbonyl (C=O) groups excluding carboxylic acids is 2. The molecule has 0 atom stereocenters. The molecule has 6 nitrogen and oxygen atoms in total. The molecule has 1 heterocycles. The number of unbranched alkanes of at least 4 members (excludes halogenated alkanes) is 1. The Bertz CT molecular complexity index is 1000. The van der Waals surface area contributed by atoms with Gasteiger partial charge in [0.1, 0.15) is 0 Å². The molecule has 0 aliphatic rings. The van der Waals surface area contributed by atoms with E-state index < -0.39 is 6.03 Å². The highest BCUT2D eigenvalue weighted by Gasteiger charge is 2.11. The van der Waals surface area contributed by atoms with Crippen LogP contribution < -0.4 is 16.0 Å². The topological polar surface area (TPSA) is 83.1 Å². The van der Waals surface area contributed by atoms with Crippen LogP contribution in [0.5, 0.6) is 0 Å². The van der Waals surface area contributed by atoms with Crippen LogP contribution >= 0.6 is 22.9 Å². The van der Waals surface area contributed by atoms with Gasteiger partial charge in [0.15, 0.2) is 5.13 Å². The lowest BCUT2D eigenvalue weighted by Crippen LogP contribution is -2.19. The number of halogens is 1. The van der Waals surface area contributed by atoms with Gasteiger partial charge in [-0.15, -0.1) is 11.3 Å². The van der Waals surface area contributed by atoms with Crippen LogP contribution in [0.15, 0.2) is 53.9 Å². The molecule has 0 saturated heterocycles. The number of carbonyl (C=O) groups is 2. The molecule has 156 valence electrons. The summed E-state index contributed by atoms with van der Waals surface area (Å²) in [5, 5.41) is 10.9. The Balaban J connectivity index is 1.48. The van der Waals surface area contributed by atoms with E-state index in [0.717, 1.165) is 24.9 Å². The van der Waals surface area contributed by atoms with Crippen LogP contribution in [-0.2, 0) is 17.6 Å². The standard InChI is InChI=1S/C22H23ClN4O2S/c1-2-3-5-15-8-10-17(11-9-15)24-20(28)13-19-14-30-22(26-19)27-21(29)25-18-7-4-6-16(23)12-18/h4,6-12,14H,2-3,5,13H2,1H3,(H,24,28)(H2,25,26,27,29). The minimum absolute atomic E-state index is 0.131. The summed E-state index contributed by atoms with van der Waals surface area (Å²) in [6.45, 7) is 2.17. The predicted molar refractivity (Wildman–Crippen MR) is 124 cm³/mol. The zero-order chi connectivity index (χ0) is 21.3. The van der Waals surface area contributed by atoms with E-state index in [-0.39, 0.29) is 12.3 Å². The highest BCUT2D eigenvalue weighted by atomic mass is 35.5. The lowest BCUT2D eigenvalue weighted by Gasteiger charge is -2.06. The van der Waals surface area contributed by atoms with Crippen LogP contribution in [0.2, 0.25) is 5.02 Å². The number of thiazole rings is 1. The van der Waals surface area contributed by atoms with E-state index in [4.69, 9.17) is 11.6 Å². The molecule has 1 aromatic heterocycles. The summed E-state index contributed by atoms with van der Waals surface area (Å²) >= 11 is 7.17. The number of rotatable bonds is 8. The molecule has 3 amide bonds. The maximum atomic E-state index is 12.3. The minimum Gasteiger partial charge on any atom is -0.326 e. The third kappa shape index (κ3) is 6.86. The first-order valence-electron chi connectivity index (χ1n) is 9.68. The van der Waals surface area contributed by atoms with Gasteiger partial charge >= 0.3 is 6.03 Å². The van der Waals surface area contributed by atoms with Gasteiger partial charge in [0.05, 0.1) is 12.1 Å². The van der Waals surface area contributed by atoms with Crippen molar-refractivity contribution in [3.8, 4) is 0 Å². The number of nitrogens with one attached hydrogen (secondary N) is 3. The quantitative estimate of drug-likeness (QED) is 0.402. The minimum atomic E-state index is -0.425. The Labute approximate surface area is 184 Å². The lowest BCUT2D eigenvalue weighted by atomic mass is 10.1. The summed E-state index contributed by atoms with van der Waals surface area (Å²) in [5.74, 6) is -0.156. The smallest absolute Gasteiger partial charge is 0.325 e. The van der Waals surface area contributed by atoms with E-state index in [1.165, 1.54) is 16.9 Å². The second kappa shape index (κ2) is 10.8. The van der Waals surface area contributed by atoms with Gasteiger partial charge in [-0.2, -0.15) is 0 Å². The molecule has 0 bridgehead atoms. The number of anilines is 3. The van der Waals surface area contributed by atoms with Gasteiger partial charge in [-0.25, -0.2) is 9.78 Å². The van der Waals surface area contributed by atoms with Crippen LogP contribution in [-0.4, -0.2) is 16.9 Å². The number of urea groups is 1. The van der Waals surface area contributed by atoms with Gasteiger partial charge in [0.25, 0.3) is 0 Å². The van der Waals surface area contributed by atoms with E-state index in [0.29, 0.717) is 21.5 Å². The van der Waals surface area contributed by atoms with Crippen molar-refractivity contribution in [2.45, 2.75) is 32.6 Å². The molecular formula is C22H23ClN4O2S. The monoisotopic (exact) mass is 442 g/mol. The van der Waals surface area contributed by atoms with Gasteiger partial charge in [-0.05, 0) is 48.7 Å². The van der Waals surface area contributed by atoms with E-state index in [2.05, 4.69) is 27.9 Å². The maximum Gasteiger partial charge on any atom is 0.325 e. The average molecular weight is 443 g/mol. The highest BCUT2D eigenvalue weighted by Crippen LogP contribution is 2.19. The molecule has 0 unspecified atom stereocenters. The van der Waals surface area contributed by atoms with Crippen molar-refractivity contribution in [3.05, 3.63) is 70.2 Å². The number of aryl methyl sites for hydroxylation is 1. The van der Waals surface area contributed by atoms with E-state index >= 15 is 0 Å². The first-order chi connectivity index (χ1) is 14.5. The molecule has 3 aromatic rings. The van der Waals surface area contributed by atoms with Gasteiger partial charge < -0.3 is 10.6 Å². The van der Waals surface area contributed by atoms with Gasteiger partial charge in [0, 0.05) is 21.8 Å². The van der Waals surface area contributed by atoms with Crippen LogP contribution in [0.25, 0.3) is 0 Å². The largest absolute Gasteiger partial charge is 0.326 e. The first-order valence-corrected chi connectivity index (χ1v) is 10.9. The lowest BCUT2D eigenvalue weighted by molar-refractivity contribution is -0.115. The SMILES string of the molecule is CCCCc1ccc(NC(=O)Cc2csc(NC(=O)Nc3cccc(Cl)c3)n2)cc1. The zero-order valence-corrected chi connectivity index (χ0v) is 18.1. The van der Waals surface area contributed by atoms with E-state index in [1.54, 1.807) is 29.6 Å². The Hall–Kier alpha value is -2.90. The Morgan fingerprint density at radius 3 is 2.57 bits per heavy atom. The molecule has 0 aliphatic carbocycles. The Morgan fingerprint density at radius 2 is 1.83 bits per heavy atom. The summed E-state index contributed by atoms with van der Waals surface area (Å²) in [7, 11) is 0. The molecule has 8 heteroatoms. The number of nitrogens with zero attached hydrogens (tertiary/aromatic N) is 1.